The van der Waals surface area contributed by atoms with Crippen molar-refractivity contribution < 1.29 is 9.18 Å². The van der Waals surface area contributed by atoms with E-state index in [9.17, 15) is 9.18 Å². The molecule has 1 saturated heterocycles. The van der Waals surface area contributed by atoms with E-state index in [1.54, 1.807) is 12.1 Å². The summed E-state index contributed by atoms with van der Waals surface area (Å²) in [4.78, 5) is 14.4. The molecule has 1 aliphatic rings. The van der Waals surface area contributed by atoms with E-state index in [0.717, 1.165) is 38.0 Å². The molecule has 0 radical (unpaired) electrons. The summed E-state index contributed by atoms with van der Waals surface area (Å²) < 4.78 is 12.8. The number of nitrogens with zero attached hydrogens (tertiary/aromatic N) is 1. The summed E-state index contributed by atoms with van der Waals surface area (Å²) in [6.07, 6.45) is 3.21. The van der Waals surface area contributed by atoms with E-state index in [-0.39, 0.29) is 24.1 Å². The molecule has 0 aromatic heterocycles. The highest BCUT2D eigenvalue weighted by molar-refractivity contribution is 5.85. The average Bonchev–Trinajstić information content (AvgIpc) is 2.97. The average molecular weight is 315 g/mol. The Labute approximate surface area is 132 Å². The van der Waals surface area contributed by atoms with E-state index in [1.807, 2.05) is 4.90 Å². The zero-order chi connectivity index (χ0) is 14.4. The second kappa shape index (κ2) is 9.00. The Morgan fingerprint density at radius 1 is 1.38 bits per heavy atom. The van der Waals surface area contributed by atoms with Crippen molar-refractivity contribution in [1.29, 1.82) is 0 Å². The number of amides is 1. The Morgan fingerprint density at radius 2 is 2.10 bits per heavy atom. The van der Waals surface area contributed by atoms with Crippen LogP contribution in [0, 0.1) is 5.82 Å². The van der Waals surface area contributed by atoms with Crippen LogP contribution in [0.3, 0.4) is 0 Å². The highest BCUT2D eigenvalue weighted by Gasteiger charge is 2.25. The van der Waals surface area contributed by atoms with Crippen molar-refractivity contribution in [1.82, 2.24) is 10.2 Å². The van der Waals surface area contributed by atoms with Gasteiger partial charge in [0.1, 0.15) is 5.82 Å². The van der Waals surface area contributed by atoms with Gasteiger partial charge in [-0.3, -0.25) is 4.79 Å². The highest BCUT2D eigenvalue weighted by Crippen LogP contribution is 2.13. The first-order chi connectivity index (χ1) is 9.70. The number of carbonyl (C=O) groups excluding carboxylic acids is 1. The minimum Gasteiger partial charge on any atom is -0.338 e. The fraction of sp³-hybridized carbons (Fsp3) is 0.562. The van der Waals surface area contributed by atoms with Gasteiger partial charge in [-0.05, 0) is 43.5 Å². The van der Waals surface area contributed by atoms with Crippen LogP contribution in [0.25, 0.3) is 0 Å². The van der Waals surface area contributed by atoms with Gasteiger partial charge in [0.05, 0.1) is 0 Å². The van der Waals surface area contributed by atoms with Crippen LogP contribution in [0.15, 0.2) is 24.3 Å². The van der Waals surface area contributed by atoms with Crippen molar-refractivity contribution in [2.45, 2.75) is 38.6 Å². The summed E-state index contributed by atoms with van der Waals surface area (Å²) in [6.45, 7) is 4.83. The van der Waals surface area contributed by atoms with Crippen molar-refractivity contribution in [2.75, 3.05) is 19.6 Å². The summed E-state index contributed by atoms with van der Waals surface area (Å²) in [6, 6.07) is 6.75. The smallest absolute Gasteiger partial charge is 0.223 e. The van der Waals surface area contributed by atoms with Gasteiger partial charge in [0.25, 0.3) is 0 Å². The Balaban J connectivity index is 0.00000220. The van der Waals surface area contributed by atoms with E-state index in [1.165, 1.54) is 12.1 Å². The Morgan fingerprint density at radius 3 is 2.67 bits per heavy atom. The zero-order valence-electron chi connectivity index (χ0n) is 12.5. The molecule has 1 aromatic carbocycles. The van der Waals surface area contributed by atoms with Gasteiger partial charge in [-0.25, -0.2) is 4.39 Å². The van der Waals surface area contributed by atoms with E-state index < -0.39 is 0 Å². The van der Waals surface area contributed by atoms with E-state index in [2.05, 4.69) is 12.2 Å². The van der Waals surface area contributed by atoms with Gasteiger partial charge in [0.2, 0.25) is 5.91 Å². The maximum absolute atomic E-state index is 12.8. The van der Waals surface area contributed by atoms with Crippen LogP contribution in [0.5, 0.6) is 0 Å². The molecule has 5 heteroatoms. The molecule has 0 aliphatic carbocycles. The van der Waals surface area contributed by atoms with Crippen molar-refractivity contribution in [3.63, 3.8) is 0 Å². The van der Waals surface area contributed by atoms with Gasteiger partial charge < -0.3 is 10.2 Å². The van der Waals surface area contributed by atoms with Gasteiger partial charge in [0.15, 0.2) is 0 Å². The lowest BCUT2D eigenvalue weighted by molar-refractivity contribution is -0.133. The topological polar surface area (TPSA) is 32.3 Å². The molecule has 0 spiro atoms. The predicted octanol–water partition coefficient (Wildman–Crippen LogP) is 2.78. The Kier molecular flexibility index (Phi) is 7.68. The lowest BCUT2D eigenvalue weighted by Gasteiger charge is -2.28. The molecule has 1 fully saturated rings. The zero-order valence-corrected chi connectivity index (χ0v) is 13.3. The minimum absolute atomic E-state index is 0. The van der Waals surface area contributed by atoms with Crippen LogP contribution in [0.1, 0.15) is 31.7 Å². The lowest BCUT2D eigenvalue weighted by atomic mass is 10.1. The van der Waals surface area contributed by atoms with Crippen LogP contribution in [-0.4, -0.2) is 36.5 Å². The van der Waals surface area contributed by atoms with Crippen LogP contribution in [0.4, 0.5) is 4.39 Å². The van der Waals surface area contributed by atoms with Crippen LogP contribution in [0.2, 0.25) is 0 Å². The van der Waals surface area contributed by atoms with Crippen LogP contribution >= 0.6 is 12.4 Å². The molecule has 118 valence electrons. The summed E-state index contributed by atoms with van der Waals surface area (Å²) in [5, 5.41) is 3.31. The molecule has 0 saturated carbocycles. The summed E-state index contributed by atoms with van der Waals surface area (Å²) in [7, 11) is 0. The number of aryl methyl sites for hydroxylation is 1. The normalized spacial score (nSPS) is 17.3. The fourth-order valence-electron chi connectivity index (χ4n) is 2.70. The molecule has 0 bridgehead atoms. The molecule has 21 heavy (non-hydrogen) atoms. The molecule has 3 nitrogen and oxygen atoms in total. The third-order valence-corrected chi connectivity index (χ3v) is 3.80. The molecule has 1 aliphatic heterocycles. The molecule has 1 heterocycles. The quantitative estimate of drug-likeness (QED) is 0.875. The highest BCUT2D eigenvalue weighted by atomic mass is 35.5. The van der Waals surface area contributed by atoms with Gasteiger partial charge in [-0.15, -0.1) is 12.4 Å². The molecular weight excluding hydrogens is 291 g/mol. The van der Waals surface area contributed by atoms with Crippen molar-refractivity contribution >= 4 is 18.3 Å². The summed E-state index contributed by atoms with van der Waals surface area (Å²) in [5.74, 6) is -0.0189. The third-order valence-electron chi connectivity index (χ3n) is 3.80. The number of hydrogen-bond donors (Lipinski definition) is 1. The lowest BCUT2D eigenvalue weighted by Crippen LogP contribution is -2.42. The molecule has 2 rings (SSSR count). The third kappa shape index (κ3) is 5.29. The number of benzene rings is 1. The fourth-order valence-corrected chi connectivity index (χ4v) is 2.70. The first-order valence-electron chi connectivity index (χ1n) is 7.45. The predicted molar refractivity (Wildman–Crippen MR) is 85.2 cm³/mol. The van der Waals surface area contributed by atoms with Gasteiger partial charge in [-0.2, -0.15) is 0 Å². The molecule has 1 aromatic rings. The molecular formula is C16H24ClFN2O. The summed E-state index contributed by atoms with van der Waals surface area (Å²) in [5.41, 5.74) is 1.01. The molecule has 1 unspecified atom stereocenters. The number of halogens is 2. The van der Waals surface area contributed by atoms with E-state index in [0.29, 0.717) is 18.9 Å². The molecule has 1 amide bonds. The standard InChI is InChI=1S/C16H23FN2O.ClH/c1-2-11-19(15-9-10-18-12-15)16(20)8-5-13-3-6-14(17)7-4-13;/h3-4,6-7,15,18H,2,5,8-12H2,1H3;1H. The second-order valence-electron chi connectivity index (χ2n) is 5.36. The number of hydrogen-bond acceptors (Lipinski definition) is 2. The van der Waals surface area contributed by atoms with E-state index in [4.69, 9.17) is 0 Å². The second-order valence-corrected chi connectivity index (χ2v) is 5.36. The summed E-state index contributed by atoms with van der Waals surface area (Å²) >= 11 is 0. The van der Waals surface area contributed by atoms with Gasteiger partial charge in [-0.1, -0.05) is 19.1 Å². The first kappa shape index (κ1) is 17.9. The molecule has 1 atom stereocenters. The van der Waals surface area contributed by atoms with Gasteiger partial charge >= 0.3 is 0 Å². The van der Waals surface area contributed by atoms with Crippen molar-refractivity contribution in [3.05, 3.63) is 35.6 Å². The van der Waals surface area contributed by atoms with Crippen molar-refractivity contribution in [3.8, 4) is 0 Å². The van der Waals surface area contributed by atoms with E-state index >= 15 is 0 Å². The Hall–Kier alpha value is -1.13. The van der Waals surface area contributed by atoms with Gasteiger partial charge in [0, 0.05) is 25.6 Å². The maximum atomic E-state index is 12.8. The molecule has 1 N–H and O–H groups in total. The Bertz CT molecular complexity index is 432. The first-order valence-corrected chi connectivity index (χ1v) is 7.45. The number of nitrogens with one attached hydrogen (secondary N) is 1. The number of rotatable bonds is 6. The van der Waals surface area contributed by atoms with Crippen LogP contribution < -0.4 is 5.32 Å². The minimum atomic E-state index is -0.232. The maximum Gasteiger partial charge on any atom is 0.223 e. The monoisotopic (exact) mass is 314 g/mol. The number of carbonyl (C=O) groups is 1. The SMILES string of the molecule is CCCN(C(=O)CCc1ccc(F)cc1)C1CCNC1.Cl. The largest absolute Gasteiger partial charge is 0.338 e. The van der Waals surface area contributed by atoms with Crippen LogP contribution in [-0.2, 0) is 11.2 Å². The van der Waals surface area contributed by atoms with Crippen molar-refractivity contribution in [2.24, 2.45) is 0 Å².